The zero-order valence-corrected chi connectivity index (χ0v) is 20.1. The number of anilines is 1. The summed E-state index contributed by atoms with van der Waals surface area (Å²) < 4.78 is 2.82. The third-order valence-corrected chi connectivity index (χ3v) is 7.52. The Kier molecular flexibility index (Phi) is 5.50. The van der Waals surface area contributed by atoms with Gasteiger partial charge in [-0.25, -0.2) is 9.51 Å². The first kappa shape index (κ1) is 21.5. The Labute approximate surface area is 197 Å². The highest BCUT2D eigenvalue weighted by atomic mass is 79.9. The van der Waals surface area contributed by atoms with Crippen LogP contribution in [0.1, 0.15) is 45.1 Å². The predicted octanol–water partition coefficient (Wildman–Crippen LogP) is 5.12. The van der Waals surface area contributed by atoms with Crippen molar-refractivity contribution in [3.63, 3.8) is 0 Å². The van der Waals surface area contributed by atoms with Gasteiger partial charge in [-0.15, -0.1) is 0 Å². The quantitative estimate of drug-likeness (QED) is 0.346. The van der Waals surface area contributed by atoms with Crippen LogP contribution in [0.5, 0.6) is 0 Å². The van der Waals surface area contributed by atoms with Gasteiger partial charge >= 0.3 is 0 Å². The summed E-state index contributed by atoms with van der Waals surface area (Å²) in [5.74, 6) is 1.95. The fraction of sp³-hybridized carbons (Fsp3) is 0.440. The summed E-state index contributed by atoms with van der Waals surface area (Å²) in [5, 5.41) is 19.3. The average molecular weight is 496 g/mol. The lowest BCUT2D eigenvalue weighted by Crippen LogP contribution is -2.50. The van der Waals surface area contributed by atoms with E-state index in [1.54, 1.807) is 6.20 Å². The van der Waals surface area contributed by atoms with E-state index < -0.39 is 5.60 Å². The first-order chi connectivity index (χ1) is 15.3. The van der Waals surface area contributed by atoms with E-state index in [4.69, 9.17) is 5.73 Å². The molecular weight excluding hydrogens is 466 g/mol. The van der Waals surface area contributed by atoms with Gasteiger partial charge in [0.05, 0.1) is 34.3 Å². The molecule has 0 aliphatic heterocycles. The van der Waals surface area contributed by atoms with Crippen molar-refractivity contribution in [3.05, 3.63) is 58.8 Å². The molecular formula is C25H30BrN5O. The SMILES string of the molecule is CC1CC2CC(CC(C)(O)C2)C1Nc1c(C(N)=Nc2ccccc2)cnn2cc(Br)cc12. The lowest BCUT2D eigenvalue weighted by atomic mass is 9.61. The molecule has 2 heterocycles. The normalized spacial score (nSPS) is 30.4. The predicted molar refractivity (Wildman–Crippen MR) is 132 cm³/mol. The van der Waals surface area contributed by atoms with Crippen LogP contribution in [0.15, 0.2) is 58.3 Å². The molecule has 2 aromatic heterocycles. The van der Waals surface area contributed by atoms with Gasteiger partial charge in [0.2, 0.25) is 0 Å². The number of nitrogens with zero attached hydrogens (tertiary/aromatic N) is 3. The lowest BCUT2D eigenvalue weighted by Gasteiger charge is -2.49. The van der Waals surface area contributed by atoms with Gasteiger partial charge in [0.25, 0.3) is 0 Å². The molecule has 7 heteroatoms. The van der Waals surface area contributed by atoms with Crippen molar-refractivity contribution >= 4 is 38.7 Å². The van der Waals surface area contributed by atoms with Gasteiger partial charge in [-0.2, -0.15) is 5.10 Å². The Morgan fingerprint density at radius 3 is 2.84 bits per heavy atom. The zero-order chi connectivity index (χ0) is 22.5. The molecule has 5 atom stereocenters. The topological polar surface area (TPSA) is 87.9 Å². The Morgan fingerprint density at radius 2 is 2.06 bits per heavy atom. The Hall–Kier alpha value is -2.38. The van der Waals surface area contributed by atoms with Crippen LogP contribution in [0.25, 0.3) is 5.52 Å². The van der Waals surface area contributed by atoms with E-state index >= 15 is 0 Å². The van der Waals surface area contributed by atoms with E-state index in [1.807, 2.05) is 48.0 Å². The van der Waals surface area contributed by atoms with Crippen molar-refractivity contribution in [2.24, 2.45) is 28.5 Å². The van der Waals surface area contributed by atoms with Gasteiger partial charge in [-0.1, -0.05) is 25.1 Å². The lowest BCUT2D eigenvalue weighted by molar-refractivity contribution is -0.0501. The third kappa shape index (κ3) is 4.16. The summed E-state index contributed by atoms with van der Waals surface area (Å²) in [6, 6.07) is 12.0. The molecule has 3 aromatic rings. The summed E-state index contributed by atoms with van der Waals surface area (Å²) in [6.45, 7) is 4.31. The van der Waals surface area contributed by atoms with E-state index in [0.717, 1.165) is 52.6 Å². The van der Waals surface area contributed by atoms with Crippen LogP contribution >= 0.6 is 15.9 Å². The minimum Gasteiger partial charge on any atom is -0.390 e. The molecule has 2 aliphatic carbocycles. The number of amidine groups is 1. The molecule has 1 aromatic carbocycles. The van der Waals surface area contributed by atoms with Crippen molar-refractivity contribution in [2.45, 2.75) is 51.2 Å². The number of benzene rings is 1. The van der Waals surface area contributed by atoms with Crippen LogP contribution in [0.3, 0.4) is 0 Å². The van der Waals surface area contributed by atoms with E-state index in [-0.39, 0.29) is 6.04 Å². The Balaban J connectivity index is 1.56. The molecule has 168 valence electrons. The van der Waals surface area contributed by atoms with Crippen molar-refractivity contribution < 1.29 is 5.11 Å². The number of aliphatic imine (C=N–C) groups is 1. The maximum Gasteiger partial charge on any atom is 0.135 e. The Bertz CT molecular complexity index is 1150. The molecule has 0 spiro atoms. The van der Waals surface area contributed by atoms with Gasteiger partial charge in [0.1, 0.15) is 5.84 Å². The van der Waals surface area contributed by atoms with E-state index in [9.17, 15) is 5.11 Å². The van der Waals surface area contributed by atoms with Crippen molar-refractivity contribution in [1.82, 2.24) is 9.61 Å². The maximum absolute atomic E-state index is 10.8. The minimum absolute atomic E-state index is 0.251. The molecule has 6 nitrogen and oxygen atoms in total. The van der Waals surface area contributed by atoms with E-state index in [0.29, 0.717) is 23.6 Å². The first-order valence-corrected chi connectivity index (χ1v) is 12.1. The number of nitrogens with one attached hydrogen (secondary N) is 1. The number of para-hydroxylation sites is 1. The van der Waals surface area contributed by atoms with Crippen LogP contribution in [0, 0.1) is 17.8 Å². The van der Waals surface area contributed by atoms with Gasteiger partial charge in [-0.05, 0) is 84.5 Å². The second-order valence-corrected chi connectivity index (χ2v) is 10.8. The van der Waals surface area contributed by atoms with Crippen molar-refractivity contribution in [3.8, 4) is 0 Å². The van der Waals surface area contributed by atoms with Gasteiger partial charge in [0.15, 0.2) is 0 Å². The molecule has 0 saturated heterocycles. The highest BCUT2D eigenvalue weighted by Gasteiger charge is 2.45. The number of hydrogen-bond donors (Lipinski definition) is 3. The second-order valence-electron chi connectivity index (χ2n) is 9.90. The van der Waals surface area contributed by atoms with E-state index in [2.05, 4.69) is 44.3 Å². The highest BCUT2D eigenvalue weighted by molar-refractivity contribution is 9.10. The molecule has 2 bridgehead atoms. The molecule has 32 heavy (non-hydrogen) atoms. The standard InChI is InChI=1S/C25H30BrN5O/c1-15-8-16-9-17(12-25(2,32)11-16)22(15)30-23-20(13-28-31-14-18(26)10-21(23)31)24(27)29-19-6-4-3-5-7-19/h3-7,10,13-17,22,30,32H,8-9,11-12H2,1-2H3,(H2,27,29). The fourth-order valence-electron chi connectivity index (χ4n) is 5.95. The van der Waals surface area contributed by atoms with Gasteiger partial charge in [0, 0.05) is 16.7 Å². The Morgan fingerprint density at radius 1 is 1.28 bits per heavy atom. The summed E-state index contributed by atoms with van der Waals surface area (Å²) in [5.41, 5.74) is 9.44. The molecule has 5 rings (SSSR count). The molecule has 0 radical (unpaired) electrons. The monoisotopic (exact) mass is 495 g/mol. The number of aliphatic hydroxyl groups is 1. The smallest absolute Gasteiger partial charge is 0.135 e. The van der Waals surface area contributed by atoms with Crippen LogP contribution in [0.4, 0.5) is 11.4 Å². The fourth-order valence-corrected chi connectivity index (χ4v) is 6.37. The van der Waals surface area contributed by atoms with Crippen molar-refractivity contribution in [1.29, 1.82) is 0 Å². The van der Waals surface area contributed by atoms with Crippen LogP contribution in [-0.4, -0.2) is 32.2 Å². The first-order valence-electron chi connectivity index (χ1n) is 11.3. The maximum atomic E-state index is 10.8. The number of fused-ring (bicyclic) bond motifs is 3. The second kappa shape index (κ2) is 8.19. The summed E-state index contributed by atoms with van der Waals surface area (Å²) in [7, 11) is 0. The number of hydrogen-bond acceptors (Lipinski definition) is 4. The third-order valence-electron chi connectivity index (χ3n) is 7.09. The van der Waals surface area contributed by atoms with Gasteiger partial charge < -0.3 is 16.2 Å². The molecule has 5 unspecified atom stereocenters. The summed E-state index contributed by atoms with van der Waals surface area (Å²) in [6.07, 6.45) is 7.75. The van der Waals surface area contributed by atoms with Crippen LogP contribution in [-0.2, 0) is 0 Å². The molecule has 2 fully saturated rings. The summed E-state index contributed by atoms with van der Waals surface area (Å²) >= 11 is 3.59. The van der Waals surface area contributed by atoms with E-state index in [1.165, 1.54) is 0 Å². The van der Waals surface area contributed by atoms with Gasteiger partial charge in [-0.3, -0.25) is 0 Å². The minimum atomic E-state index is -0.587. The molecule has 4 N–H and O–H groups in total. The average Bonchev–Trinajstić information content (AvgIpc) is 3.11. The zero-order valence-electron chi connectivity index (χ0n) is 18.5. The van der Waals surface area contributed by atoms with Crippen molar-refractivity contribution in [2.75, 3.05) is 5.32 Å². The van der Waals surface area contributed by atoms with Crippen LogP contribution in [0.2, 0.25) is 0 Å². The highest BCUT2D eigenvalue weighted by Crippen LogP contribution is 2.47. The number of aromatic nitrogens is 2. The number of halogens is 1. The van der Waals surface area contributed by atoms with Crippen LogP contribution < -0.4 is 11.1 Å². The molecule has 0 amide bonds. The number of rotatable bonds is 4. The summed E-state index contributed by atoms with van der Waals surface area (Å²) in [4.78, 5) is 4.65. The number of nitrogens with two attached hydrogens (primary N) is 1. The molecule has 2 aliphatic rings. The largest absolute Gasteiger partial charge is 0.390 e. The molecule has 2 saturated carbocycles.